The van der Waals surface area contributed by atoms with Gasteiger partial charge in [0.25, 0.3) is 0 Å². The summed E-state index contributed by atoms with van der Waals surface area (Å²) in [6, 6.07) is 0. The molecule has 1 amide bonds. The van der Waals surface area contributed by atoms with Gasteiger partial charge in [-0.3, -0.25) is 0 Å². The minimum absolute atomic E-state index is 0.135. The van der Waals surface area contributed by atoms with Gasteiger partial charge in [0, 0.05) is 6.54 Å². The van der Waals surface area contributed by atoms with Gasteiger partial charge in [0.1, 0.15) is 0 Å². The minimum atomic E-state index is -3.76. The van der Waals surface area contributed by atoms with Crippen LogP contribution in [-0.2, 0) is 14.9 Å². The molecule has 0 aliphatic carbocycles. The van der Waals surface area contributed by atoms with Crippen LogP contribution in [0.2, 0.25) is 0 Å². The third-order valence-corrected chi connectivity index (χ3v) is 3.13. The van der Waals surface area contributed by atoms with Gasteiger partial charge in [0.2, 0.25) is 0 Å². The van der Waals surface area contributed by atoms with Crippen molar-refractivity contribution in [1.82, 2.24) is 9.44 Å². The first kappa shape index (κ1) is 14.9. The van der Waals surface area contributed by atoms with Crippen molar-refractivity contribution in [3.8, 4) is 0 Å². The van der Waals surface area contributed by atoms with E-state index in [4.69, 9.17) is 0 Å². The molecular weight excluding hydrogens is 335 g/mol. The van der Waals surface area contributed by atoms with Crippen LogP contribution in [0.1, 0.15) is 19.8 Å². The standard InChI is InChI=1S/C7H15IN2O4S/c1-2-14-7(11)10-15(12,13)9-6-4-3-5-8/h9H,2-6H2,1H3,(H,10,11). The Morgan fingerprint density at radius 2 is 2.07 bits per heavy atom. The second-order valence-corrected chi connectivity index (χ2v) is 5.19. The van der Waals surface area contributed by atoms with Gasteiger partial charge in [-0.1, -0.05) is 22.6 Å². The first-order valence-corrected chi connectivity index (χ1v) is 7.53. The predicted octanol–water partition coefficient (Wildman–Crippen LogP) is 0.782. The second kappa shape index (κ2) is 8.11. The Balaban J connectivity index is 3.82. The molecule has 0 fully saturated rings. The summed E-state index contributed by atoms with van der Waals surface area (Å²) in [6.45, 7) is 2.05. The molecule has 0 atom stereocenters. The predicted molar refractivity (Wildman–Crippen MR) is 65.2 cm³/mol. The fraction of sp³-hybridized carbons (Fsp3) is 0.857. The number of nitrogens with one attached hydrogen (secondary N) is 2. The molecule has 0 rings (SSSR count). The van der Waals surface area contributed by atoms with Crippen molar-refractivity contribution >= 4 is 38.9 Å². The van der Waals surface area contributed by atoms with Crippen molar-refractivity contribution < 1.29 is 17.9 Å². The van der Waals surface area contributed by atoms with Gasteiger partial charge in [-0.2, -0.15) is 13.1 Å². The molecule has 0 saturated carbocycles. The van der Waals surface area contributed by atoms with E-state index in [2.05, 4.69) is 32.0 Å². The van der Waals surface area contributed by atoms with Crippen molar-refractivity contribution in [1.29, 1.82) is 0 Å². The number of ether oxygens (including phenoxy) is 1. The third-order valence-electron chi connectivity index (χ3n) is 1.35. The smallest absolute Gasteiger partial charge is 0.421 e. The number of unbranched alkanes of at least 4 members (excludes halogenated alkanes) is 1. The van der Waals surface area contributed by atoms with E-state index in [1.54, 1.807) is 11.6 Å². The highest BCUT2D eigenvalue weighted by Gasteiger charge is 2.13. The Labute approximate surface area is 103 Å². The summed E-state index contributed by atoms with van der Waals surface area (Å²) >= 11 is 2.21. The van der Waals surface area contributed by atoms with E-state index >= 15 is 0 Å². The molecule has 0 aliphatic heterocycles. The highest BCUT2D eigenvalue weighted by Crippen LogP contribution is 1.93. The van der Waals surface area contributed by atoms with E-state index in [-0.39, 0.29) is 6.61 Å². The van der Waals surface area contributed by atoms with E-state index in [0.717, 1.165) is 17.3 Å². The average molecular weight is 350 g/mol. The van der Waals surface area contributed by atoms with Crippen LogP contribution in [0.25, 0.3) is 0 Å². The van der Waals surface area contributed by atoms with Crippen LogP contribution in [0.5, 0.6) is 0 Å². The number of amides is 1. The molecule has 0 saturated heterocycles. The summed E-state index contributed by atoms with van der Waals surface area (Å²) in [6.07, 6.45) is 0.716. The largest absolute Gasteiger partial charge is 0.449 e. The third kappa shape index (κ3) is 8.88. The molecule has 0 heterocycles. The maximum Gasteiger partial charge on any atom is 0.421 e. The van der Waals surface area contributed by atoms with Gasteiger partial charge in [-0.15, -0.1) is 0 Å². The zero-order valence-corrected chi connectivity index (χ0v) is 11.4. The molecule has 2 N–H and O–H groups in total. The Morgan fingerprint density at radius 1 is 1.40 bits per heavy atom. The molecule has 0 aliphatic rings. The average Bonchev–Trinajstić information content (AvgIpc) is 2.12. The number of halogens is 1. The van der Waals surface area contributed by atoms with Gasteiger partial charge in [0.05, 0.1) is 6.61 Å². The number of carbonyl (C=O) groups excluding carboxylic acids is 1. The van der Waals surface area contributed by atoms with Gasteiger partial charge in [0.15, 0.2) is 0 Å². The summed E-state index contributed by atoms with van der Waals surface area (Å²) in [7, 11) is -3.76. The van der Waals surface area contributed by atoms with E-state index < -0.39 is 16.3 Å². The van der Waals surface area contributed by atoms with Crippen LogP contribution >= 0.6 is 22.6 Å². The Bertz CT molecular complexity index is 281. The molecule has 0 radical (unpaired) electrons. The molecule has 0 bridgehead atoms. The van der Waals surface area contributed by atoms with Crippen molar-refractivity contribution in [2.24, 2.45) is 0 Å². The monoisotopic (exact) mass is 350 g/mol. The van der Waals surface area contributed by atoms with E-state index in [9.17, 15) is 13.2 Å². The van der Waals surface area contributed by atoms with Crippen LogP contribution in [0, 0.1) is 0 Å². The zero-order chi connectivity index (χ0) is 11.7. The summed E-state index contributed by atoms with van der Waals surface area (Å²) < 4.78 is 31.7. The van der Waals surface area contributed by atoms with Crippen LogP contribution in [0.3, 0.4) is 0 Å². The van der Waals surface area contributed by atoms with Crippen LogP contribution in [0.15, 0.2) is 0 Å². The van der Waals surface area contributed by atoms with Crippen molar-refractivity contribution in [2.45, 2.75) is 19.8 Å². The fourth-order valence-electron chi connectivity index (χ4n) is 0.732. The first-order valence-electron chi connectivity index (χ1n) is 4.52. The molecule has 6 nitrogen and oxygen atoms in total. The van der Waals surface area contributed by atoms with Crippen LogP contribution < -0.4 is 9.44 Å². The van der Waals surface area contributed by atoms with E-state index in [1.165, 1.54) is 0 Å². The van der Waals surface area contributed by atoms with Crippen LogP contribution in [0.4, 0.5) is 4.79 Å². The second-order valence-electron chi connectivity index (χ2n) is 2.62. The Kier molecular flexibility index (Phi) is 8.06. The SMILES string of the molecule is CCOC(=O)NS(=O)(=O)NCCCCI. The van der Waals surface area contributed by atoms with E-state index in [0.29, 0.717) is 6.54 Å². The summed E-state index contributed by atoms with van der Waals surface area (Å²) in [5.41, 5.74) is 0. The maximum atomic E-state index is 11.2. The first-order chi connectivity index (χ1) is 7.02. The Morgan fingerprint density at radius 3 is 2.60 bits per heavy atom. The topological polar surface area (TPSA) is 84.5 Å². The molecule has 0 aromatic rings. The lowest BCUT2D eigenvalue weighted by Crippen LogP contribution is -2.40. The number of hydrogen-bond acceptors (Lipinski definition) is 4. The summed E-state index contributed by atoms with van der Waals surface area (Å²) in [5, 5.41) is 0. The van der Waals surface area contributed by atoms with Crippen molar-refractivity contribution in [3.63, 3.8) is 0 Å². The molecule has 0 spiro atoms. The van der Waals surface area contributed by atoms with Crippen molar-refractivity contribution in [2.75, 3.05) is 17.6 Å². The highest BCUT2D eigenvalue weighted by molar-refractivity contribution is 14.1. The normalized spacial score (nSPS) is 11.1. The van der Waals surface area contributed by atoms with Crippen molar-refractivity contribution in [3.05, 3.63) is 0 Å². The minimum Gasteiger partial charge on any atom is -0.449 e. The van der Waals surface area contributed by atoms with Crippen LogP contribution in [-0.4, -0.2) is 32.1 Å². The number of carbonyl (C=O) groups is 1. The summed E-state index contributed by atoms with van der Waals surface area (Å²) in [5.74, 6) is 0. The van der Waals surface area contributed by atoms with Gasteiger partial charge < -0.3 is 4.74 Å². The molecule has 0 aromatic carbocycles. The lowest BCUT2D eigenvalue weighted by atomic mass is 10.3. The molecule has 8 heteroatoms. The van der Waals surface area contributed by atoms with Gasteiger partial charge >= 0.3 is 16.3 Å². The van der Waals surface area contributed by atoms with Gasteiger partial charge in [-0.25, -0.2) is 9.52 Å². The quantitative estimate of drug-likeness (QED) is 0.404. The fourth-order valence-corrected chi connectivity index (χ4v) is 2.04. The number of rotatable bonds is 7. The maximum absolute atomic E-state index is 11.2. The van der Waals surface area contributed by atoms with Gasteiger partial charge in [-0.05, 0) is 24.2 Å². The number of hydrogen-bond donors (Lipinski definition) is 2. The molecule has 90 valence electrons. The molecular formula is C7H15IN2O4S. The zero-order valence-electron chi connectivity index (χ0n) is 8.45. The lowest BCUT2D eigenvalue weighted by Gasteiger charge is -2.07. The molecule has 0 unspecified atom stereocenters. The van der Waals surface area contributed by atoms with E-state index in [1.807, 2.05) is 0 Å². The molecule has 15 heavy (non-hydrogen) atoms. The lowest BCUT2D eigenvalue weighted by molar-refractivity contribution is 0.158. The highest BCUT2D eigenvalue weighted by atomic mass is 127. The Hall–Kier alpha value is -0.0900. The number of alkyl halides is 1. The summed E-state index contributed by atoms with van der Waals surface area (Å²) in [4.78, 5) is 10.8. The molecule has 0 aromatic heterocycles.